The molecule has 0 fully saturated rings. The molecule has 0 radical (unpaired) electrons. The van der Waals surface area contributed by atoms with E-state index >= 15 is 0 Å². The Bertz CT molecular complexity index is 246. The molecule has 0 aromatic heterocycles. The van der Waals surface area contributed by atoms with Gasteiger partial charge in [-0.2, -0.15) is 0 Å². The van der Waals surface area contributed by atoms with Crippen LogP contribution >= 0.6 is 0 Å². The zero-order valence-corrected chi connectivity index (χ0v) is 8.36. The van der Waals surface area contributed by atoms with Gasteiger partial charge in [-0.1, -0.05) is 18.2 Å². The quantitative estimate of drug-likeness (QED) is 0.486. The zero-order chi connectivity index (χ0) is 9.72. The van der Waals surface area contributed by atoms with Crippen LogP contribution in [0.2, 0.25) is 0 Å². The molecule has 1 N–H and O–H groups in total. The zero-order valence-electron chi connectivity index (χ0n) is 8.36. The van der Waals surface area contributed by atoms with E-state index in [2.05, 4.69) is 6.58 Å². The topological polar surface area (TPSA) is 23.9 Å². The third kappa shape index (κ3) is 2.50. The van der Waals surface area contributed by atoms with Crippen LogP contribution in [0.25, 0.3) is 0 Å². The maximum atomic E-state index is 7.64. The first-order chi connectivity index (χ1) is 5.54. The lowest BCUT2D eigenvalue weighted by Gasteiger charge is -2.08. The molecule has 0 bridgehead atoms. The lowest BCUT2D eigenvalue weighted by Crippen LogP contribution is -2.00. The smallest absolute Gasteiger partial charge is 0.0608 e. The SMILES string of the molecule is C=CC(=N)C(=C(C)C)/C(C)=C\C. The van der Waals surface area contributed by atoms with Gasteiger partial charge in [0.15, 0.2) is 0 Å². The second-order valence-corrected chi connectivity index (χ2v) is 2.96. The van der Waals surface area contributed by atoms with Crippen molar-refractivity contribution in [3.8, 4) is 0 Å². The fourth-order valence-corrected chi connectivity index (χ4v) is 1.12. The Balaban J connectivity index is 5.10. The Morgan fingerprint density at radius 2 is 1.75 bits per heavy atom. The van der Waals surface area contributed by atoms with Gasteiger partial charge in [-0.25, -0.2) is 0 Å². The van der Waals surface area contributed by atoms with E-state index in [9.17, 15) is 0 Å². The number of allylic oxidation sites excluding steroid dienone is 5. The normalized spacial score (nSPS) is 10.8. The van der Waals surface area contributed by atoms with Crippen LogP contribution in [0.15, 0.2) is 35.5 Å². The molecule has 1 heteroatoms. The van der Waals surface area contributed by atoms with Crippen LogP contribution in [0.5, 0.6) is 0 Å². The minimum atomic E-state index is 0.505. The molecule has 0 heterocycles. The van der Waals surface area contributed by atoms with E-state index in [0.717, 1.165) is 16.7 Å². The fourth-order valence-electron chi connectivity index (χ4n) is 1.12. The highest BCUT2D eigenvalue weighted by Gasteiger charge is 2.04. The molecular formula is C11H17N. The van der Waals surface area contributed by atoms with Gasteiger partial charge < -0.3 is 5.41 Å². The Hall–Kier alpha value is -1.11. The largest absolute Gasteiger partial charge is 0.300 e. The first kappa shape index (κ1) is 10.9. The van der Waals surface area contributed by atoms with E-state index in [0.29, 0.717) is 5.71 Å². The molecule has 66 valence electrons. The Labute approximate surface area is 75.0 Å². The van der Waals surface area contributed by atoms with Crippen LogP contribution in [0.1, 0.15) is 27.7 Å². The Morgan fingerprint density at radius 3 is 2.00 bits per heavy atom. The van der Waals surface area contributed by atoms with Crippen molar-refractivity contribution in [3.05, 3.63) is 35.5 Å². The summed E-state index contributed by atoms with van der Waals surface area (Å²) in [6.45, 7) is 11.6. The van der Waals surface area contributed by atoms with Crippen molar-refractivity contribution in [3.63, 3.8) is 0 Å². The second kappa shape index (κ2) is 4.70. The van der Waals surface area contributed by atoms with E-state index in [1.807, 2.05) is 33.8 Å². The molecule has 0 atom stereocenters. The number of hydrogen-bond acceptors (Lipinski definition) is 1. The molecule has 0 amide bonds. The van der Waals surface area contributed by atoms with Crippen molar-refractivity contribution in [2.45, 2.75) is 27.7 Å². The average molecular weight is 163 g/mol. The van der Waals surface area contributed by atoms with Gasteiger partial charge in [-0.3, -0.25) is 0 Å². The van der Waals surface area contributed by atoms with Gasteiger partial charge in [-0.05, 0) is 39.3 Å². The summed E-state index contributed by atoms with van der Waals surface area (Å²) in [7, 11) is 0. The summed E-state index contributed by atoms with van der Waals surface area (Å²) in [6.07, 6.45) is 3.59. The molecule has 0 aliphatic heterocycles. The second-order valence-electron chi connectivity index (χ2n) is 2.96. The standard InChI is InChI=1S/C11H17N/c1-6-9(5)11(8(3)4)10(12)7-2/h6-7,12H,2H2,1,3-5H3/b9-6-,12-10?. The third-order valence-corrected chi connectivity index (χ3v) is 1.80. The fraction of sp³-hybridized carbons (Fsp3) is 0.364. The summed E-state index contributed by atoms with van der Waals surface area (Å²) in [4.78, 5) is 0. The summed E-state index contributed by atoms with van der Waals surface area (Å²) in [5.41, 5.74) is 3.81. The van der Waals surface area contributed by atoms with E-state index in [1.54, 1.807) is 6.08 Å². The number of hydrogen-bond donors (Lipinski definition) is 1. The third-order valence-electron chi connectivity index (χ3n) is 1.80. The summed E-state index contributed by atoms with van der Waals surface area (Å²) in [5, 5.41) is 7.64. The van der Waals surface area contributed by atoms with Gasteiger partial charge in [0.05, 0.1) is 5.71 Å². The average Bonchev–Trinajstić information content (AvgIpc) is 2.03. The Kier molecular flexibility index (Phi) is 4.27. The predicted molar refractivity (Wildman–Crippen MR) is 55.7 cm³/mol. The molecule has 0 aliphatic carbocycles. The lowest BCUT2D eigenvalue weighted by atomic mass is 9.98. The van der Waals surface area contributed by atoms with Gasteiger partial charge in [0.25, 0.3) is 0 Å². The van der Waals surface area contributed by atoms with E-state index in [1.165, 1.54) is 0 Å². The molecule has 0 aromatic carbocycles. The highest BCUT2D eigenvalue weighted by atomic mass is 14.4. The highest BCUT2D eigenvalue weighted by molar-refractivity contribution is 6.09. The lowest BCUT2D eigenvalue weighted by molar-refractivity contribution is 1.28. The van der Waals surface area contributed by atoms with Crippen molar-refractivity contribution >= 4 is 5.71 Å². The minimum absolute atomic E-state index is 0.505. The summed E-state index contributed by atoms with van der Waals surface area (Å²) in [5.74, 6) is 0. The van der Waals surface area contributed by atoms with Crippen LogP contribution in [0.3, 0.4) is 0 Å². The highest BCUT2D eigenvalue weighted by Crippen LogP contribution is 2.15. The summed E-state index contributed by atoms with van der Waals surface area (Å²) >= 11 is 0. The van der Waals surface area contributed by atoms with Gasteiger partial charge in [0.1, 0.15) is 0 Å². The van der Waals surface area contributed by atoms with Crippen LogP contribution in [-0.4, -0.2) is 5.71 Å². The van der Waals surface area contributed by atoms with Crippen molar-refractivity contribution in [2.24, 2.45) is 0 Å². The van der Waals surface area contributed by atoms with Gasteiger partial charge in [0, 0.05) is 5.57 Å². The molecule has 0 unspecified atom stereocenters. The summed E-state index contributed by atoms with van der Waals surface area (Å²) < 4.78 is 0. The monoisotopic (exact) mass is 163 g/mol. The molecule has 12 heavy (non-hydrogen) atoms. The molecule has 0 saturated carbocycles. The number of rotatable bonds is 3. The maximum absolute atomic E-state index is 7.64. The molecule has 0 spiro atoms. The first-order valence-corrected chi connectivity index (χ1v) is 4.06. The van der Waals surface area contributed by atoms with E-state index < -0.39 is 0 Å². The van der Waals surface area contributed by atoms with Gasteiger partial charge in [0.2, 0.25) is 0 Å². The van der Waals surface area contributed by atoms with Crippen molar-refractivity contribution < 1.29 is 0 Å². The predicted octanol–water partition coefficient (Wildman–Crippen LogP) is 3.49. The van der Waals surface area contributed by atoms with Crippen molar-refractivity contribution in [2.75, 3.05) is 0 Å². The van der Waals surface area contributed by atoms with Crippen LogP contribution in [-0.2, 0) is 0 Å². The first-order valence-electron chi connectivity index (χ1n) is 4.06. The van der Waals surface area contributed by atoms with E-state index in [-0.39, 0.29) is 0 Å². The summed E-state index contributed by atoms with van der Waals surface area (Å²) in [6, 6.07) is 0. The van der Waals surface area contributed by atoms with Crippen LogP contribution in [0, 0.1) is 5.41 Å². The Morgan fingerprint density at radius 1 is 1.25 bits per heavy atom. The minimum Gasteiger partial charge on any atom is -0.300 e. The molecule has 0 rings (SSSR count). The molecule has 0 aromatic rings. The number of nitrogens with one attached hydrogen (secondary N) is 1. The molecule has 0 saturated heterocycles. The van der Waals surface area contributed by atoms with Crippen LogP contribution in [0.4, 0.5) is 0 Å². The maximum Gasteiger partial charge on any atom is 0.0608 e. The molecule has 1 nitrogen and oxygen atoms in total. The van der Waals surface area contributed by atoms with Gasteiger partial charge >= 0.3 is 0 Å². The van der Waals surface area contributed by atoms with Crippen LogP contribution < -0.4 is 0 Å². The van der Waals surface area contributed by atoms with Crippen molar-refractivity contribution in [1.82, 2.24) is 0 Å². The van der Waals surface area contributed by atoms with Gasteiger partial charge in [-0.15, -0.1) is 0 Å². The molecular weight excluding hydrogens is 146 g/mol. The molecule has 0 aliphatic rings. The van der Waals surface area contributed by atoms with Crippen molar-refractivity contribution in [1.29, 1.82) is 5.41 Å². The van der Waals surface area contributed by atoms with E-state index in [4.69, 9.17) is 5.41 Å².